The standard InChI is InChI=1S/C20H18N2O6/c1-10-17(12(3)23)11(2)21-18(10)15(24)9-28-16(25)8-22-14-7-5-4-6-13(14)19(26)20(22)27/h4-7,21H,8-9H2,1-3H3. The Labute approximate surface area is 160 Å². The molecule has 8 nitrogen and oxygen atoms in total. The Morgan fingerprint density at radius 3 is 2.43 bits per heavy atom. The van der Waals surface area contributed by atoms with Gasteiger partial charge in [-0.1, -0.05) is 12.1 Å². The fraction of sp³-hybridized carbons (Fsp3) is 0.250. The molecule has 144 valence electrons. The summed E-state index contributed by atoms with van der Waals surface area (Å²) >= 11 is 0. The van der Waals surface area contributed by atoms with Crippen molar-refractivity contribution in [1.29, 1.82) is 0 Å². The van der Waals surface area contributed by atoms with Crippen molar-refractivity contribution in [3.63, 3.8) is 0 Å². The maximum atomic E-state index is 12.4. The zero-order valence-corrected chi connectivity index (χ0v) is 15.6. The number of Topliss-reactive ketones (excluding diaryl/α,β-unsaturated/α-hetero) is 3. The lowest BCUT2D eigenvalue weighted by Gasteiger charge is -2.15. The number of esters is 1. The van der Waals surface area contributed by atoms with E-state index in [1.165, 1.54) is 13.0 Å². The van der Waals surface area contributed by atoms with E-state index in [-0.39, 0.29) is 17.0 Å². The molecule has 0 atom stereocenters. The summed E-state index contributed by atoms with van der Waals surface area (Å²) in [6.07, 6.45) is 0. The minimum absolute atomic E-state index is 0.168. The summed E-state index contributed by atoms with van der Waals surface area (Å²) in [6.45, 7) is 3.70. The monoisotopic (exact) mass is 382 g/mol. The maximum absolute atomic E-state index is 12.4. The fourth-order valence-corrected chi connectivity index (χ4v) is 3.36. The fourth-order valence-electron chi connectivity index (χ4n) is 3.36. The van der Waals surface area contributed by atoms with Crippen LogP contribution in [-0.2, 0) is 14.3 Å². The molecule has 1 aliphatic rings. The number of hydrogen-bond donors (Lipinski definition) is 1. The van der Waals surface area contributed by atoms with Crippen molar-refractivity contribution in [3.05, 3.63) is 52.3 Å². The van der Waals surface area contributed by atoms with Crippen LogP contribution >= 0.6 is 0 Å². The lowest BCUT2D eigenvalue weighted by Crippen LogP contribution is -2.36. The molecule has 2 aromatic rings. The van der Waals surface area contributed by atoms with Gasteiger partial charge in [0.2, 0.25) is 5.78 Å². The van der Waals surface area contributed by atoms with Crippen molar-refractivity contribution in [2.45, 2.75) is 20.8 Å². The zero-order valence-electron chi connectivity index (χ0n) is 15.6. The predicted octanol–water partition coefficient (Wildman–Crippen LogP) is 1.79. The van der Waals surface area contributed by atoms with Gasteiger partial charge in [-0.2, -0.15) is 0 Å². The molecule has 1 N–H and O–H groups in total. The Morgan fingerprint density at radius 1 is 1.11 bits per heavy atom. The SMILES string of the molecule is CC(=O)c1c(C)[nH]c(C(=O)COC(=O)CN2C(=O)C(=O)c3ccccc32)c1C. The van der Waals surface area contributed by atoms with E-state index in [2.05, 4.69) is 4.98 Å². The number of aromatic nitrogens is 1. The van der Waals surface area contributed by atoms with Crippen LogP contribution in [0.4, 0.5) is 5.69 Å². The molecule has 0 saturated carbocycles. The summed E-state index contributed by atoms with van der Waals surface area (Å²) in [6, 6.07) is 6.34. The molecule has 3 rings (SSSR count). The quantitative estimate of drug-likeness (QED) is 0.463. The van der Waals surface area contributed by atoms with Crippen LogP contribution in [0.25, 0.3) is 0 Å². The van der Waals surface area contributed by atoms with Gasteiger partial charge in [-0.3, -0.25) is 28.9 Å². The van der Waals surface area contributed by atoms with E-state index in [0.717, 1.165) is 4.90 Å². The number of H-pyrrole nitrogens is 1. The number of nitrogens with one attached hydrogen (secondary N) is 1. The van der Waals surface area contributed by atoms with E-state index in [1.54, 1.807) is 32.0 Å². The zero-order chi connectivity index (χ0) is 20.6. The first-order valence-electron chi connectivity index (χ1n) is 8.56. The minimum atomic E-state index is -0.820. The number of aromatic amines is 1. The van der Waals surface area contributed by atoms with Crippen molar-refractivity contribution in [3.8, 4) is 0 Å². The summed E-state index contributed by atoms with van der Waals surface area (Å²) in [5, 5.41) is 0. The van der Waals surface area contributed by atoms with Crippen LogP contribution in [0.1, 0.15) is 49.4 Å². The van der Waals surface area contributed by atoms with Crippen LogP contribution in [0.5, 0.6) is 0 Å². The van der Waals surface area contributed by atoms with E-state index in [0.29, 0.717) is 22.5 Å². The first-order chi connectivity index (χ1) is 13.2. The molecule has 0 saturated heterocycles. The van der Waals surface area contributed by atoms with Gasteiger partial charge in [0, 0.05) is 11.3 Å². The number of ketones is 3. The number of hydrogen-bond acceptors (Lipinski definition) is 6. The molecule has 0 unspecified atom stereocenters. The van der Waals surface area contributed by atoms with Crippen LogP contribution in [0, 0.1) is 13.8 Å². The van der Waals surface area contributed by atoms with Crippen molar-refractivity contribution >= 4 is 34.9 Å². The molecule has 1 aromatic heterocycles. The Balaban J connectivity index is 1.66. The summed E-state index contributed by atoms with van der Waals surface area (Å²) in [7, 11) is 0. The molecule has 28 heavy (non-hydrogen) atoms. The Morgan fingerprint density at radius 2 is 1.79 bits per heavy atom. The average Bonchev–Trinajstić information content (AvgIpc) is 3.08. The third-order valence-corrected chi connectivity index (χ3v) is 4.60. The van der Waals surface area contributed by atoms with E-state index in [4.69, 9.17) is 4.74 Å². The van der Waals surface area contributed by atoms with E-state index >= 15 is 0 Å². The van der Waals surface area contributed by atoms with Crippen LogP contribution in [0.2, 0.25) is 0 Å². The molecule has 0 radical (unpaired) electrons. The highest BCUT2D eigenvalue weighted by molar-refractivity contribution is 6.52. The van der Waals surface area contributed by atoms with Crippen molar-refractivity contribution in [2.24, 2.45) is 0 Å². The largest absolute Gasteiger partial charge is 0.456 e. The van der Waals surface area contributed by atoms with Crippen molar-refractivity contribution < 1.29 is 28.7 Å². The summed E-state index contributed by atoms with van der Waals surface area (Å²) < 4.78 is 4.98. The molecule has 1 aromatic carbocycles. The first kappa shape index (κ1) is 19.2. The maximum Gasteiger partial charge on any atom is 0.326 e. The van der Waals surface area contributed by atoms with Crippen LogP contribution in [0.15, 0.2) is 24.3 Å². The Bertz CT molecular complexity index is 1030. The number of anilines is 1. The Hall–Kier alpha value is -3.55. The molecule has 1 aliphatic heterocycles. The van der Waals surface area contributed by atoms with E-state index in [9.17, 15) is 24.0 Å². The average molecular weight is 382 g/mol. The summed E-state index contributed by atoms with van der Waals surface area (Å²) in [5.41, 5.74) is 2.27. The predicted molar refractivity (Wildman–Crippen MR) is 98.7 cm³/mol. The normalized spacial score (nSPS) is 12.9. The van der Waals surface area contributed by atoms with Crippen molar-refractivity contribution in [1.82, 2.24) is 4.98 Å². The van der Waals surface area contributed by atoms with Gasteiger partial charge in [0.1, 0.15) is 6.54 Å². The number of ether oxygens (including phenoxy) is 1. The number of para-hydroxylation sites is 1. The van der Waals surface area contributed by atoms with Crippen molar-refractivity contribution in [2.75, 3.05) is 18.1 Å². The van der Waals surface area contributed by atoms with Gasteiger partial charge < -0.3 is 9.72 Å². The van der Waals surface area contributed by atoms with Gasteiger partial charge in [0.15, 0.2) is 12.4 Å². The van der Waals surface area contributed by atoms with E-state index < -0.39 is 36.6 Å². The Kier molecular flexibility index (Phi) is 4.96. The highest BCUT2D eigenvalue weighted by Gasteiger charge is 2.36. The third kappa shape index (κ3) is 3.24. The van der Waals surface area contributed by atoms with Gasteiger partial charge >= 0.3 is 5.97 Å². The molecular formula is C20H18N2O6. The summed E-state index contributed by atoms with van der Waals surface area (Å²) in [5.74, 6) is -2.98. The second kappa shape index (κ2) is 7.22. The van der Waals surface area contributed by atoms with Gasteiger partial charge in [-0.15, -0.1) is 0 Å². The molecule has 0 aliphatic carbocycles. The highest BCUT2D eigenvalue weighted by Crippen LogP contribution is 2.28. The molecule has 0 spiro atoms. The lowest BCUT2D eigenvalue weighted by molar-refractivity contribution is -0.141. The topological polar surface area (TPSA) is 114 Å². The first-order valence-corrected chi connectivity index (χ1v) is 8.56. The van der Waals surface area contributed by atoms with Gasteiger partial charge in [-0.05, 0) is 38.5 Å². The van der Waals surface area contributed by atoms with Gasteiger partial charge in [0.05, 0.1) is 16.9 Å². The lowest BCUT2D eigenvalue weighted by atomic mass is 10.1. The molecule has 0 bridgehead atoms. The number of amides is 1. The van der Waals surface area contributed by atoms with Gasteiger partial charge in [0.25, 0.3) is 11.7 Å². The number of carbonyl (C=O) groups excluding carboxylic acids is 5. The number of benzene rings is 1. The number of fused-ring (bicyclic) bond motifs is 1. The smallest absolute Gasteiger partial charge is 0.326 e. The molecule has 2 heterocycles. The molecule has 8 heteroatoms. The number of rotatable bonds is 6. The van der Waals surface area contributed by atoms with Crippen LogP contribution in [-0.4, -0.2) is 47.4 Å². The van der Waals surface area contributed by atoms with E-state index in [1.807, 2.05) is 0 Å². The third-order valence-electron chi connectivity index (χ3n) is 4.60. The van der Waals surface area contributed by atoms with Gasteiger partial charge in [-0.25, -0.2) is 0 Å². The summed E-state index contributed by atoms with van der Waals surface area (Å²) in [4.78, 5) is 64.0. The number of aryl methyl sites for hydroxylation is 1. The second-order valence-corrected chi connectivity index (χ2v) is 6.50. The van der Waals surface area contributed by atoms with Crippen LogP contribution < -0.4 is 4.90 Å². The number of carbonyl (C=O) groups is 5. The van der Waals surface area contributed by atoms with Crippen LogP contribution in [0.3, 0.4) is 0 Å². The minimum Gasteiger partial charge on any atom is -0.456 e. The molecule has 0 fully saturated rings. The second-order valence-electron chi connectivity index (χ2n) is 6.50. The molecule has 1 amide bonds. The number of nitrogens with zero attached hydrogens (tertiary/aromatic N) is 1. The molecular weight excluding hydrogens is 364 g/mol. The highest BCUT2D eigenvalue weighted by atomic mass is 16.5.